The van der Waals surface area contributed by atoms with Crippen molar-refractivity contribution < 1.29 is 28.8 Å². The summed E-state index contributed by atoms with van der Waals surface area (Å²) in [5, 5.41) is 25.4. The van der Waals surface area contributed by atoms with E-state index in [0.717, 1.165) is 0 Å². The molecule has 0 aliphatic carbocycles. The number of aliphatic hydroxyl groups excluding tert-OH is 1. The van der Waals surface area contributed by atoms with Gasteiger partial charge in [-0.15, -0.1) is 0 Å². The van der Waals surface area contributed by atoms with Crippen molar-refractivity contribution in [1.82, 2.24) is 10.6 Å². The number of carbonyl (C=O) groups is 3. The molecule has 182 valence electrons. The molecule has 4 atom stereocenters. The Morgan fingerprint density at radius 1 is 0.800 bits per heavy atom. The fourth-order valence-corrected chi connectivity index (χ4v) is 4.55. The number of hydrogen-bond donors (Lipinski definition) is 4. The fraction of sp³-hybridized carbons (Fsp3) is 0.192. The van der Waals surface area contributed by atoms with Gasteiger partial charge in [0, 0.05) is 16.2 Å². The lowest BCUT2D eigenvalue weighted by Crippen LogP contribution is -2.50. The molecule has 0 radical (unpaired) electrons. The molecule has 0 spiro atoms. The summed E-state index contributed by atoms with van der Waals surface area (Å²) in [6, 6.07) is 22.8. The molecule has 9 heteroatoms. The van der Waals surface area contributed by atoms with Crippen LogP contribution in [0.1, 0.15) is 28.4 Å². The maximum absolute atomic E-state index is 12.9. The number of rotatable bonds is 11. The average molecular weight is 495 g/mol. The summed E-state index contributed by atoms with van der Waals surface area (Å²) >= 11 is 0. The summed E-state index contributed by atoms with van der Waals surface area (Å²) in [6.45, 7) is 0. The van der Waals surface area contributed by atoms with Crippen molar-refractivity contribution >= 4 is 28.6 Å². The van der Waals surface area contributed by atoms with Crippen LogP contribution < -0.4 is 10.6 Å². The molecule has 0 aromatic heterocycles. The van der Waals surface area contributed by atoms with Crippen molar-refractivity contribution in [3.05, 3.63) is 102 Å². The van der Waals surface area contributed by atoms with Crippen LogP contribution in [-0.2, 0) is 20.4 Å². The molecule has 4 N–H and O–H groups in total. The largest absolute Gasteiger partial charge is 0.480 e. The first-order chi connectivity index (χ1) is 16.9. The Bertz CT molecular complexity index is 1160. The molecule has 3 rings (SSSR count). The predicted octanol–water partition coefficient (Wildman–Crippen LogP) is 2.29. The highest BCUT2D eigenvalue weighted by molar-refractivity contribution is 7.85. The summed E-state index contributed by atoms with van der Waals surface area (Å²) in [5.41, 5.74) is 0.810. The maximum Gasteiger partial charge on any atom is 0.326 e. The van der Waals surface area contributed by atoms with E-state index in [0.29, 0.717) is 16.0 Å². The Morgan fingerprint density at radius 2 is 1.34 bits per heavy atom. The van der Waals surface area contributed by atoms with Crippen LogP contribution in [0.4, 0.5) is 0 Å². The van der Waals surface area contributed by atoms with E-state index in [9.17, 15) is 28.8 Å². The first kappa shape index (κ1) is 25.8. The minimum Gasteiger partial charge on any atom is -0.480 e. The van der Waals surface area contributed by atoms with Gasteiger partial charge < -0.3 is 20.8 Å². The molecule has 0 heterocycles. The van der Waals surface area contributed by atoms with Gasteiger partial charge in [0.2, 0.25) is 0 Å². The van der Waals surface area contributed by atoms with E-state index < -0.39 is 46.8 Å². The second-order valence-electron chi connectivity index (χ2n) is 7.72. The van der Waals surface area contributed by atoms with Crippen LogP contribution in [0.5, 0.6) is 0 Å². The summed E-state index contributed by atoms with van der Waals surface area (Å²) in [4.78, 5) is 37.9. The third-order valence-electron chi connectivity index (χ3n) is 5.28. The second-order valence-corrected chi connectivity index (χ2v) is 9.29. The first-order valence-electron chi connectivity index (χ1n) is 10.9. The normalized spacial score (nSPS) is 14.2. The highest BCUT2D eigenvalue weighted by Gasteiger charge is 2.32. The molecule has 0 saturated heterocycles. The number of carboxylic acids is 1. The molecule has 0 aliphatic rings. The summed E-state index contributed by atoms with van der Waals surface area (Å²) in [6.07, 6.45) is -1.88. The fourth-order valence-electron chi connectivity index (χ4n) is 3.40. The number of nitrogens with one attached hydrogen (secondary N) is 2. The third kappa shape index (κ3) is 7.33. The van der Waals surface area contributed by atoms with Crippen LogP contribution in [0.25, 0.3) is 0 Å². The summed E-state index contributed by atoms with van der Waals surface area (Å²) < 4.78 is 12.4. The van der Waals surface area contributed by atoms with E-state index in [1.165, 1.54) is 0 Å². The quantitative estimate of drug-likeness (QED) is 0.323. The van der Waals surface area contributed by atoms with Crippen LogP contribution in [0, 0.1) is 0 Å². The van der Waals surface area contributed by atoms with Crippen molar-refractivity contribution in [3.8, 4) is 0 Å². The first-order valence-corrected chi connectivity index (χ1v) is 12.2. The van der Waals surface area contributed by atoms with Gasteiger partial charge in [-0.05, 0) is 36.2 Å². The topological polar surface area (TPSA) is 133 Å². The van der Waals surface area contributed by atoms with Gasteiger partial charge in [-0.2, -0.15) is 0 Å². The van der Waals surface area contributed by atoms with Gasteiger partial charge in [0.05, 0.1) is 16.8 Å². The van der Waals surface area contributed by atoms with Crippen LogP contribution in [0.15, 0.2) is 95.9 Å². The molecule has 0 unspecified atom stereocenters. The zero-order chi connectivity index (χ0) is 25.2. The van der Waals surface area contributed by atoms with Gasteiger partial charge in [0.25, 0.3) is 11.8 Å². The van der Waals surface area contributed by atoms with Crippen LogP contribution >= 0.6 is 0 Å². The van der Waals surface area contributed by atoms with E-state index in [4.69, 9.17) is 0 Å². The molecule has 35 heavy (non-hydrogen) atoms. The Balaban J connectivity index is 1.71. The number of carbonyl (C=O) groups excluding carboxylic acids is 2. The molecule has 0 bridgehead atoms. The van der Waals surface area contributed by atoms with Crippen LogP contribution in [-0.4, -0.2) is 50.1 Å². The molecular weight excluding hydrogens is 468 g/mol. The standard InChI is InChI=1S/C26H26N2O6S/c29-23(22(18-10-4-1-5-11-18)28-24(30)19-12-6-2-7-13-19)25(31)27-21(26(32)33)16-17-35(34)20-14-8-3-9-15-20/h1-15,21-23,29H,16-17H2,(H,27,31)(H,28,30)(H,32,33)/t21-,22-,23+,35+/m0/s1. The Kier molecular flexibility index (Phi) is 9.28. The van der Waals surface area contributed by atoms with Crippen molar-refractivity contribution in [1.29, 1.82) is 0 Å². The van der Waals surface area contributed by atoms with E-state index in [1.807, 2.05) is 0 Å². The predicted molar refractivity (Wildman–Crippen MR) is 131 cm³/mol. The lowest BCUT2D eigenvalue weighted by molar-refractivity contribution is -0.143. The minimum atomic E-state index is -1.77. The van der Waals surface area contributed by atoms with Crippen LogP contribution in [0.2, 0.25) is 0 Å². The van der Waals surface area contributed by atoms with Gasteiger partial charge in [-0.25, -0.2) is 4.79 Å². The van der Waals surface area contributed by atoms with Gasteiger partial charge in [0.1, 0.15) is 6.04 Å². The lowest BCUT2D eigenvalue weighted by Gasteiger charge is -2.25. The lowest BCUT2D eigenvalue weighted by atomic mass is 9.99. The van der Waals surface area contributed by atoms with Crippen molar-refractivity contribution in [2.45, 2.75) is 29.5 Å². The van der Waals surface area contributed by atoms with Gasteiger partial charge >= 0.3 is 5.97 Å². The number of hydrogen-bond acceptors (Lipinski definition) is 5. The SMILES string of the molecule is O=C(N[C@@H](c1ccccc1)[C@@H](O)C(=O)N[C@@H](CC[S@@](=O)c1ccccc1)C(=O)O)c1ccccc1. The van der Waals surface area contributed by atoms with Gasteiger partial charge in [0.15, 0.2) is 6.10 Å². The van der Waals surface area contributed by atoms with Crippen molar-refractivity contribution in [3.63, 3.8) is 0 Å². The molecule has 0 aliphatic heterocycles. The van der Waals surface area contributed by atoms with Crippen LogP contribution in [0.3, 0.4) is 0 Å². The molecule has 0 fully saturated rings. The highest BCUT2D eigenvalue weighted by Crippen LogP contribution is 2.19. The molecule has 2 amide bonds. The van der Waals surface area contributed by atoms with Gasteiger partial charge in [-0.1, -0.05) is 66.7 Å². The number of aliphatic carboxylic acids is 1. The zero-order valence-corrected chi connectivity index (χ0v) is 19.6. The molecular formula is C26H26N2O6S. The number of aliphatic hydroxyl groups is 1. The highest BCUT2D eigenvalue weighted by atomic mass is 32.2. The van der Waals surface area contributed by atoms with E-state index in [2.05, 4.69) is 10.6 Å². The average Bonchev–Trinajstić information content (AvgIpc) is 2.90. The summed E-state index contributed by atoms with van der Waals surface area (Å²) in [5.74, 6) is -2.78. The van der Waals surface area contributed by atoms with E-state index >= 15 is 0 Å². The van der Waals surface area contributed by atoms with Gasteiger partial charge in [-0.3, -0.25) is 13.8 Å². The van der Waals surface area contributed by atoms with Crippen molar-refractivity contribution in [2.75, 3.05) is 5.75 Å². The molecule has 0 saturated carbocycles. The van der Waals surface area contributed by atoms with Crippen molar-refractivity contribution in [2.24, 2.45) is 0 Å². The molecule has 3 aromatic carbocycles. The number of carboxylic acid groups (broad SMARTS) is 1. The third-order valence-corrected chi connectivity index (χ3v) is 6.68. The summed E-state index contributed by atoms with van der Waals surface area (Å²) in [7, 11) is -1.45. The van der Waals surface area contributed by atoms with E-state index in [-0.39, 0.29) is 12.2 Å². The Morgan fingerprint density at radius 3 is 1.91 bits per heavy atom. The number of amides is 2. The molecule has 8 nitrogen and oxygen atoms in total. The van der Waals surface area contributed by atoms with E-state index in [1.54, 1.807) is 91.0 Å². The minimum absolute atomic E-state index is 0.00418. The Labute approximate surface area is 205 Å². The Hall–Kier alpha value is -3.82. The zero-order valence-electron chi connectivity index (χ0n) is 18.7. The monoisotopic (exact) mass is 494 g/mol. The molecule has 3 aromatic rings. The maximum atomic E-state index is 12.9. The second kappa shape index (κ2) is 12.6. The smallest absolute Gasteiger partial charge is 0.326 e. The number of benzene rings is 3.